The zero-order valence-electron chi connectivity index (χ0n) is 13.3. The standard InChI is InChI=1S/C16H26N4O/c1-4-7-17-9-13-8-12(2)16(18-10-13)20(3)11-15(21)19-14-5-6-14/h8,10,14,17H,4-7,9,11H2,1-3H3,(H,19,21). The maximum atomic E-state index is 11.8. The number of pyridine rings is 1. The van der Waals surface area contributed by atoms with Crippen molar-refractivity contribution in [3.8, 4) is 0 Å². The first kappa shape index (κ1) is 15.8. The molecule has 5 heteroatoms. The number of rotatable bonds is 8. The highest BCUT2D eigenvalue weighted by atomic mass is 16.2. The van der Waals surface area contributed by atoms with Gasteiger partial charge >= 0.3 is 0 Å². The van der Waals surface area contributed by atoms with Crippen LogP contribution in [-0.2, 0) is 11.3 Å². The lowest BCUT2D eigenvalue weighted by Crippen LogP contribution is -2.36. The van der Waals surface area contributed by atoms with Crippen LogP contribution < -0.4 is 15.5 Å². The zero-order valence-corrected chi connectivity index (χ0v) is 13.3. The Bertz CT molecular complexity index is 485. The Morgan fingerprint density at radius 2 is 2.24 bits per heavy atom. The summed E-state index contributed by atoms with van der Waals surface area (Å²) in [6, 6.07) is 2.55. The van der Waals surface area contributed by atoms with Crippen LogP contribution >= 0.6 is 0 Å². The number of likely N-dealkylation sites (N-methyl/N-ethyl adjacent to an activating group) is 1. The van der Waals surface area contributed by atoms with E-state index in [1.54, 1.807) is 0 Å². The predicted molar refractivity (Wildman–Crippen MR) is 85.4 cm³/mol. The van der Waals surface area contributed by atoms with Gasteiger partial charge in [-0.05, 0) is 49.9 Å². The first-order valence-electron chi connectivity index (χ1n) is 7.77. The van der Waals surface area contributed by atoms with Crippen LogP contribution in [0.4, 0.5) is 5.82 Å². The molecule has 1 saturated carbocycles. The molecular weight excluding hydrogens is 264 g/mol. The highest BCUT2D eigenvalue weighted by Gasteiger charge is 2.23. The summed E-state index contributed by atoms with van der Waals surface area (Å²) in [5.74, 6) is 0.954. The first-order valence-corrected chi connectivity index (χ1v) is 7.77. The molecule has 5 nitrogen and oxygen atoms in total. The van der Waals surface area contributed by atoms with E-state index in [1.165, 1.54) is 5.56 Å². The molecule has 21 heavy (non-hydrogen) atoms. The van der Waals surface area contributed by atoms with Gasteiger partial charge in [-0.3, -0.25) is 4.79 Å². The second kappa shape index (κ2) is 7.41. The lowest BCUT2D eigenvalue weighted by molar-refractivity contribution is -0.119. The van der Waals surface area contributed by atoms with Crippen molar-refractivity contribution in [1.29, 1.82) is 0 Å². The molecule has 0 radical (unpaired) electrons. The van der Waals surface area contributed by atoms with Crippen molar-refractivity contribution in [2.75, 3.05) is 25.0 Å². The van der Waals surface area contributed by atoms with Gasteiger partial charge in [-0.15, -0.1) is 0 Å². The molecule has 1 aliphatic rings. The van der Waals surface area contributed by atoms with Gasteiger partial charge in [-0.1, -0.05) is 6.92 Å². The fraction of sp³-hybridized carbons (Fsp3) is 0.625. The van der Waals surface area contributed by atoms with Crippen LogP contribution in [0, 0.1) is 6.92 Å². The van der Waals surface area contributed by atoms with Crippen LogP contribution in [0.2, 0.25) is 0 Å². The number of nitrogens with zero attached hydrogens (tertiary/aromatic N) is 2. The van der Waals surface area contributed by atoms with E-state index in [4.69, 9.17) is 0 Å². The van der Waals surface area contributed by atoms with Crippen LogP contribution in [0.3, 0.4) is 0 Å². The van der Waals surface area contributed by atoms with Crippen molar-refractivity contribution in [1.82, 2.24) is 15.6 Å². The fourth-order valence-electron chi connectivity index (χ4n) is 2.32. The molecule has 0 saturated heterocycles. The third-order valence-corrected chi connectivity index (χ3v) is 3.55. The van der Waals surface area contributed by atoms with Crippen LogP contribution in [0.15, 0.2) is 12.3 Å². The van der Waals surface area contributed by atoms with E-state index in [1.807, 2.05) is 25.1 Å². The molecule has 0 spiro atoms. The quantitative estimate of drug-likeness (QED) is 0.714. The van der Waals surface area contributed by atoms with Crippen molar-refractivity contribution in [2.24, 2.45) is 0 Å². The minimum atomic E-state index is 0.0786. The van der Waals surface area contributed by atoms with Crippen LogP contribution in [0.1, 0.15) is 37.3 Å². The van der Waals surface area contributed by atoms with Gasteiger partial charge in [0.1, 0.15) is 5.82 Å². The van der Waals surface area contributed by atoms with Gasteiger partial charge in [-0.2, -0.15) is 0 Å². The van der Waals surface area contributed by atoms with Crippen molar-refractivity contribution in [3.63, 3.8) is 0 Å². The summed E-state index contributed by atoms with van der Waals surface area (Å²) in [6.45, 7) is 6.41. The second-order valence-corrected chi connectivity index (χ2v) is 5.86. The normalized spacial score (nSPS) is 14.0. The Morgan fingerprint density at radius 3 is 2.86 bits per heavy atom. The molecule has 0 atom stereocenters. The molecule has 2 rings (SSSR count). The maximum Gasteiger partial charge on any atom is 0.239 e. The molecule has 1 aliphatic carbocycles. The van der Waals surface area contributed by atoms with E-state index in [9.17, 15) is 4.79 Å². The monoisotopic (exact) mass is 290 g/mol. The Kier molecular flexibility index (Phi) is 5.56. The molecule has 1 fully saturated rings. The van der Waals surface area contributed by atoms with Gasteiger partial charge in [0.25, 0.3) is 0 Å². The summed E-state index contributed by atoms with van der Waals surface area (Å²) in [5.41, 5.74) is 2.29. The van der Waals surface area contributed by atoms with E-state index in [0.717, 1.165) is 43.7 Å². The number of carbonyl (C=O) groups is 1. The summed E-state index contributed by atoms with van der Waals surface area (Å²) in [6.07, 6.45) is 5.25. The number of amides is 1. The van der Waals surface area contributed by atoms with Gasteiger partial charge in [-0.25, -0.2) is 4.98 Å². The second-order valence-electron chi connectivity index (χ2n) is 5.86. The topological polar surface area (TPSA) is 57.3 Å². The van der Waals surface area contributed by atoms with E-state index in [2.05, 4.69) is 28.6 Å². The summed E-state index contributed by atoms with van der Waals surface area (Å²) in [4.78, 5) is 18.3. The van der Waals surface area contributed by atoms with Gasteiger partial charge < -0.3 is 15.5 Å². The van der Waals surface area contributed by atoms with E-state index in [0.29, 0.717) is 12.6 Å². The van der Waals surface area contributed by atoms with E-state index in [-0.39, 0.29) is 5.91 Å². The molecule has 0 aliphatic heterocycles. The van der Waals surface area contributed by atoms with Gasteiger partial charge in [0.05, 0.1) is 6.54 Å². The lowest BCUT2D eigenvalue weighted by atomic mass is 10.2. The van der Waals surface area contributed by atoms with Crippen LogP contribution in [0.5, 0.6) is 0 Å². The zero-order chi connectivity index (χ0) is 15.2. The summed E-state index contributed by atoms with van der Waals surface area (Å²) in [7, 11) is 1.91. The largest absolute Gasteiger partial charge is 0.352 e. The van der Waals surface area contributed by atoms with Crippen molar-refractivity contribution >= 4 is 11.7 Å². The molecule has 1 amide bonds. The minimum Gasteiger partial charge on any atom is -0.352 e. The van der Waals surface area contributed by atoms with E-state index < -0.39 is 0 Å². The van der Waals surface area contributed by atoms with Crippen LogP contribution in [-0.4, -0.2) is 37.1 Å². The molecule has 116 valence electrons. The molecule has 2 N–H and O–H groups in total. The van der Waals surface area contributed by atoms with E-state index >= 15 is 0 Å². The lowest BCUT2D eigenvalue weighted by Gasteiger charge is -2.20. The Morgan fingerprint density at radius 1 is 1.48 bits per heavy atom. The number of anilines is 1. The molecule has 1 heterocycles. The third-order valence-electron chi connectivity index (χ3n) is 3.55. The average Bonchev–Trinajstić information content (AvgIpc) is 3.22. The Balaban J connectivity index is 1.90. The minimum absolute atomic E-state index is 0.0786. The van der Waals surface area contributed by atoms with Gasteiger partial charge in [0.2, 0.25) is 5.91 Å². The summed E-state index contributed by atoms with van der Waals surface area (Å²) in [5, 5.41) is 6.37. The Labute approximate surface area is 127 Å². The molecule has 0 bridgehead atoms. The molecule has 0 unspecified atom stereocenters. The van der Waals surface area contributed by atoms with Crippen molar-refractivity contribution in [2.45, 2.75) is 45.7 Å². The molecule has 1 aromatic heterocycles. The number of carbonyl (C=O) groups excluding carboxylic acids is 1. The number of aryl methyl sites for hydroxylation is 1. The SMILES string of the molecule is CCCNCc1cnc(N(C)CC(=O)NC2CC2)c(C)c1. The van der Waals surface area contributed by atoms with Crippen molar-refractivity contribution in [3.05, 3.63) is 23.4 Å². The average molecular weight is 290 g/mol. The van der Waals surface area contributed by atoms with Crippen molar-refractivity contribution < 1.29 is 4.79 Å². The first-order chi connectivity index (χ1) is 10.1. The number of hydrogen-bond acceptors (Lipinski definition) is 4. The summed E-state index contributed by atoms with van der Waals surface area (Å²) >= 11 is 0. The number of nitrogens with one attached hydrogen (secondary N) is 2. The van der Waals surface area contributed by atoms with Crippen LogP contribution in [0.25, 0.3) is 0 Å². The molecular formula is C16H26N4O. The smallest absolute Gasteiger partial charge is 0.239 e. The van der Waals surface area contributed by atoms with Gasteiger partial charge in [0, 0.05) is 25.8 Å². The number of hydrogen-bond donors (Lipinski definition) is 2. The third kappa shape index (κ3) is 5.01. The highest BCUT2D eigenvalue weighted by molar-refractivity contribution is 5.81. The predicted octanol–water partition coefficient (Wildman–Crippen LogP) is 1.60. The number of aromatic nitrogens is 1. The van der Waals surface area contributed by atoms with Gasteiger partial charge in [0.15, 0.2) is 0 Å². The fourth-order valence-corrected chi connectivity index (χ4v) is 2.32. The summed E-state index contributed by atoms with van der Waals surface area (Å²) < 4.78 is 0. The molecule has 0 aromatic carbocycles. The molecule has 1 aromatic rings. The maximum absolute atomic E-state index is 11.8. The highest BCUT2D eigenvalue weighted by Crippen LogP contribution is 2.19. The Hall–Kier alpha value is -1.62.